The molecule has 1 aromatic rings. The Hall–Kier alpha value is -2.04. The predicted molar refractivity (Wildman–Crippen MR) is 65.0 cm³/mol. The molecule has 0 N–H and O–H groups in total. The second-order valence-electron chi connectivity index (χ2n) is 3.47. The maximum Gasteiger partial charge on any atom is 0.320 e. The number of carbonyl (C=O) groups is 2. The Balaban J connectivity index is 3.17. The molecule has 0 aromatic heterocycles. The molecule has 0 aliphatic heterocycles. The van der Waals surface area contributed by atoms with Crippen molar-refractivity contribution in [2.24, 2.45) is 0 Å². The molecule has 0 saturated carbocycles. The Morgan fingerprint density at radius 1 is 1.33 bits per heavy atom. The van der Waals surface area contributed by atoms with Crippen LogP contribution in [0, 0.1) is 0 Å². The quantitative estimate of drug-likeness (QED) is 0.436. The minimum atomic E-state index is -1.00. The van der Waals surface area contributed by atoms with E-state index in [1.54, 1.807) is 25.1 Å². The SMILES string of the molecule is CCOC(=O)C(C=O)c1cc(OC)ccc1OC. The van der Waals surface area contributed by atoms with Crippen molar-refractivity contribution in [3.8, 4) is 11.5 Å². The van der Waals surface area contributed by atoms with E-state index in [2.05, 4.69) is 0 Å². The molecule has 1 rings (SSSR count). The second kappa shape index (κ2) is 6.64. The van der Waals surface area contributed by atoms with Crippen molar-refractivity contribution in [2.75, 3.05) is 20.8 Å². The Labute approximate surface area is 106 Å². The van der Waals surface area contributed by atoms with Crippen LogP contribution in [0.4, 0.5) is 0 Å². The van der Waals surface area contributed by atoms with Gasteiger partial charge in [-0.15, -0.1) is 0 Å². The topological polar surface area (TPSA) is 61.8 Å². The number of rotatable bonds is 6. The summed E-state index contributed by atoms with van der Waals surface area (Å²) in [5, 5.41) is 0. The molecule has 18 heavy (non-hydrogen) atoms. The van der Waals surface area contributed by atoms with Crippen molar-refractivity contribution in [3.05, 3.63) is 23.8 Å². The summed E-state index contributed by atoms with van der Waals surface area (Å²) in [6.45, 7) is 1.90. The third kappa shape index (κ3) is 3.00. The van der Waals surface area contributed by atoms with Crippen LogP contribution < -0.4 is 9.47 Å². The van der Waals surface area contributed by atoms with E-state index in [0.29, 0.717) is 23.3 Å². The van der Waals surface area contributed by atoms with Gasteiger partial charge in [0.1, 0.15) is 23.7 Å². The van der Waals surface area contributed by atoms with Crippen molar-refractivity contribution in [1.29, 1.82) is 0 Å². The maximum atomic E-state index is 11.7. The van der Waals surface area contributed by atoms with E-state index in [9.17, 15) is 9.59 Å². The first-order chi connectivity index (χ1) is 8.67. The lowest BCUT2D eigenvalue weighted by molar-refractivity contribution is -0.146. The van der Waals surface area contributed by atoms with Gasteiger partial charge in [-0.1, -0.05) is 0 Å². The molecule has 1 unspecified atom stereocenters. The zero-order valence-electron chi connectivity index (χ0n) is 10.6. The van der Waals surface area contributed by atoms with E-state index in [-0.39, 0.29) is 6.61 Å². The Kier molecular flexibility index (Phi) is 5.17. The fraction of sp³-hybridized carbons (Fsp3) is 0.385. The molecule has 0 aliphatic rings. The number of hydrogen-bond donors (Lipinski definition) is 0. The van der Waals surface area contributed by atoms with Gasteiger partial charge in [0, 0.05) is 5.56 Å². The Morgan fingerprint density at radius 3 is 2.56 bits per heavy atom. The molecule has 0 spiro atoms. The van der Waals surface area contributed by atoms with E-state index in [1.807, 2.05) is 0 Å². The van der Waals surface area contributed by atoms with Crippen LogP contribution in [-0.4, -0.2) is 33.1 Å². The summed E-state index contributed by atoms with van der Waals surface area (Å²) in [7, 11) is 2.98. The molecule has 5 heteroatoms. The minimum absolute atomic E-state index is 0.218. The van der Waals surface area contributed by atoms with Crippen molar-refractivity contribution < 1.29 is 23.8 Å². The van der Waals surface area contributed by atoms with Crippen LogP contribution >= 0.6 is 0 Å². The van der Waals surface area contributed by atoms with Crippen LogP contribution in [0.15, 0.2) is 18.2 Å². The van der Waals surface area contributed by atoms with Gasteiger partial charge in [-0.05, 0) is 25.1 Å². The summed E-state index contributed by atoms with van der Waals surface area (Å²) >= 11 is 0. The molecule has 5 nitrogen and oxygen atoms in total. The molecule has 0 bridgehead atoms. The van der Waals surface area contributed by atoms with Gasteiger partial charge in [-0.3, -0.25) is 4.79 Å². The highest BCUT2D eigenvalue weighted by Gasteiger charge is 2.25. The molecule has 0 amide bonds. The maximum absolute atomic E-state index is 11.7. The number of hydrogen-bond acceptors (Lipinski definition) is 5. The van der Waals surface area contributed by atoms with E-state index < -0.39 is 11.9 Å². The van der Waals surface area contributed by atoms with E-state index in [4.69, 9.17) is 14.2 Å². The van der Waals surface area contributed by atoms with Gasteiger partial charge in [0.05, 0.1) is 20.8 Å². The predicted octanol–water partition coefficient (Wildman–Crippen LogP) is 1.55. The summed E-state index contributed by atoms with van der Waals surface area (Å²) in [6.07, 6.45) is 0.537. The average Bonchev–Trinajstić information content (AvgIpc) is 2.39. The number of methoxy groups -OCH3 is 2. The standard InChI is InChI=1S/C13H16O5/c1-4-18-13(15)11(8-14)10-7-9(16-2)5-6-12(10)17-3/h5-8,11H,4H2,1-3H3. The van der Waals surface area contributed by atoms with Crippen LogP contribution in [0.1, 0.15) is 18.4 Å². The van der Waals surface area contributed by atoms with Crippen LogP contribution in [0.3, 0.4) is 0 Å². The Morgan fingerprint density at radius 2 is 2.06 bits per heavy atom. The summed E-state index contributed by atoms with van der Waals surface area (Å²) in [5.74, 6) is -0.614. The number of carbonyl (C=O) groups excluding carboxylic acids is 2. The average molecular weight is 252 g/mol. The van der Waals surface area contributed by atoms with Crippen LogP contribution in [0.2, 0.25) is 0 Å². The lowest BCUT2D eigenvalue weighted by Crippen LogP contribution is -2.18. The van der Waals surface area contributed by atoms with E-state index in [0.717, 1.165) is 0 Å². The van der Waals surface area contributed by atoms with Crippen LogP contribution in [0.25, 0.3) is 0 Å². The minimum Gasteiger partial charge on any atom is -0.497 e. The molecule has 0 heterocycles. The summed E-state index contributed by atoms with van der Waals surface area (Å²) in [6, 6.07) is 4.92. The molecule has 0 saturated heterocycles. The van der Waals surface area contributed by atoms with Gasteiger partial charge < -0.3 is 19.0 Å². The molecule has 1 aromatic carbocycles. The first-order valence-corrected chi connectivity index (χ1v) is 5.51. The molecule has 0 radical (unpaired) electrons. The van der Waals surface area contributed by atoms with Crippen LogP contribution in [-0.2, 0) is 14.3 Å². The zero-order chi connectivity index (χ0) is 13.5. The van der Waals surface area contributed by atoms with Crippen molar-refractivity contribution >= 4 is 12.3 Å². The Bertz CT molecular complexity index is 427. The first kappa shape index (κ1) is 14.0. The third-order valence-corrected chi connectivity index (χ3v) is 2.45. The third-order valence-electron chi connectivity index (χ3n) is 2.45. The summed E-state index contributed by atoms with van der Waals surface area (Å²) < 4.78 is 15.1. The smallest absolute Gasteiger partial charge is 0.320 e. The number of aldehydes is 1. The molecule has 0 aliphatic carbocycles. The molecule has 1 atom stereocenters. The van der Waals surface area contributed by atoms with Crippen molar-refractivity contribution in [3.63, 3.8) is 0 Å². The van der Waals surface area contributed by atoms with Gasteiger partial charge in [0.15, 0.2) is 0 Å². The van der Waals surface area contributed by atoms with Gasteiger partial charge in [0.2, 0.25) is 0 Å². The molecule has 98 valence electrons. The highest BCUT2D eigenvalue weighted by Crippen LogP contribution is 2.30. The van der Waals surface area contributed by atoms with Gasteiger partial charge >= 0.3 is 5.97 Å². The van der Waals surface area contributed by atoms with E-state index >= 15 is 0 Å². The zero-order valence-corrected chi connectivity index (χ0v) is 10.6. The summed E-state index contributed by atoms with van der Waals surface area (Å²) in [4.78, 5) is 22.8. The van der Waals surface area contributed by atoms with Gasteiger partial charge in [-0.2, -0.15) is 0 Å². The van der Waals surface area contributed by atoms with Crippen LogP contribution in [0.5, 0.6) is 11.5 Å². The summed E-state index contributed by atoms with van der Waals surface area (Å²) in [5.41, 5.74) is 0.435. The lowest BCUT2D eigenvalue weighted by atomic mass is 9.99. The van der Waals surface area contributed by atoms with E-state index in [1.165, 1.54) is 14.2 Å². The lowest BCUT2D eigenvalue weighted by Gasteiger charge is -2.14. The molecule has 0 fully saturated rings. The van der Waals surface area contributed by atoms with Crippen molar-refractivity contribution in [2.45, 2.75) is 12.8 Å². The van der Waals surface area contributed by atoms with Gasteiger partial charge in [-0.25, -0.2) is 0 Å². The first-order valence-electron chi connectivity index (χ1n) is 5.51. The molecular formula is C13H16O5. The second-order valence-corrected chi connectivity index (χ2v) is 3.47. The fourth-order valence-electron chi connectivity index (χ4n) is 1.57. The fourth-order valence-corrected chi connectivity index (χ4v) is 1.57. The highest BCUT2D eigenvalue weighted by atomic mass is 16.5. The molecular weight excluding hydrogens is 236 g/mol. The number of ether oxygens (including phenoxy) is 3. The van der Waals surface area contributed by atoms with Gasteiger partial charge in [0.25, 0.3) is 0 Å². The van der Waals surface area contributed by atoms with Crippen molar-refractivity contribution in [1.82, 2.24) is 0 Å². The normalized spacial score (nSPS) is 11.5. The monoisotopic (exact) mass is 252 g/mol. The highest BCUT2D eigenvalue weighted by molar-refractivity contribution is 5.95. The number of esters is 1. The number of benzene rings is 1. The largest absolute Gasteiger partial charge is 0.497 e.